The Bertz CT molecular complexity index is 1190. The zero-order valence-electron chi connectivity index (χ0n) is 18.8. The van der Waals surface area contributed by atoms with Gasteiger partial charge in [-0.2, -0.15) is 0 Å². The van der Waals surface area contributed by atoms with Gasteiger partial charge >= 0.3 is 5.97 Å². The van der Waals surface area contributed by atoms with E-state index < -0.39 is 17.7 Å². The van der Waals surface area contributed by atoms with Crippen LogP contribution in [-0.4, -0.2) is 69.2 Å². The summed E-state index contributed by atoms with van der Waals surface area (Å²) < 4.78 is 6.32. The minimum Gasteiger partial charge on any atom is -0.454 e. The lowest BCUT2D eigenvalue weighted by Gasteiger charge is -2.40. The van der Waals surface area contributed by atoms with Crippen LogP contribution in [0.4, 0.5) is 5.95 Å². The smallest absolute Gasteiger partial charge is 0.348 e. The number of amides is 1. The van der Waals surface area contributed by atoms with E-state index in [2.05, 4.69) is 20.3 Å². The average Bonchev–Trinajstić information content (AvgIpc) is 3.09. The fourth-order valence-corrected chi connectivity index (χ4v) is 5.10. The predicted molar refractivity (Wildman–Crippen MR) is 123 cm³/mol. The Morgan fingerprint density at radius 1 is 1.09 bits per heavy atom. The van der Waals surface area contributed by atoms with Gasteiger partial charge in [-0.1, -0.05) is 48.5 Å². The molecular weight excluding hydrogens is 434 g/mol. The van der Waals surface area contributed by atoms with Gasteiger partial charge in [0, 0.05) is 17.5 Å². The van der Waals surface area contributed by atoms with Crippen molar-refractivity contribution in [1.82, 2.24) is 15.0 Å². The van der Waals surface area contributed by atoms with E-state index in [0.717, 1.165) is 24.1 Å². The largest absolute Gasteiger partial charge is 0.454 e. The lowest BCUT2D eigenvalue weighted by molar-refractivity contribution is -0.909. The molecule has 9 heteroatoms. The Morgan fingerprint density at radius 3 is 2.35 bits per heavy atom. The molecule has 2 N–H and O–H groups in total. The fraction of sp³-hybridized carbons (Fsp3) is 0.320. The van der Waals surface area contributed by atoms with Gasteiger partial charge in [0.05, 0.1) is 13.6 Å². The fourth-order valence-electron chi connectivity index (χ4n) is 5.10. The van der Waals surface area contributed by atoms with Crippen LogP contribution in [0.15, 0.2) is 61.2 Å². The number of likely N-dealkylation sites (N-methyl/N-ethyl adjacent to an activating group) is 1. The molecule has 3 aromatic rings. The Kier molecular flexibility index (Phi) is 5.59. The van der Waals surface area contributed by atoms with Crippen molar-refractivity contribution in [3.63, 3.8) is 0 Å². The first-order valence-electron chi connectivity index (χ1n) is 11.3. The Balaban J connectivity index is 1.31. The van der Waals surface area contributed by atoms with Crippen molar-refractivity contribution in [3.05, 3.63) is 72.3 Å². The number of nitrogens with zero attached hydrogens (tertiary/aromatic N) is 4. The van der Waals surface area contributed by atoms with Crippen LogP contribution < -0.4 is 5.32 Å². The molecule has 0 radical (unpaired) electrons. The molecule has 1 aromatic heterocycles. The summed E-state index contributed by atoms with van der Waals surface area (Å²) >= 11 is 0. The van der Waals surface area contributed by atoms with E-state index in [9.17, 15) is 14.7 Å². The van der Waals surface area contributed by atoms with E-state index in [-0.39, 0.29) is 18.4 Å². The number of fused-ring (bicyclic) bond motifs is 3. The van der Waals surface area contributed by atoms with Gasteiger partial charge in [0.15, 0.2) is 12.6 Å². The number of rotatable bonds is 5. The minimum atomic E-state index is -1.86. The van der Waals surface area contributed by atoms with E-state index in [1.165, 1.54) is 12.7 Å². The summed E-state index contributed by atoms with van der Waals surface area (Å²) in [5.41, 5.74) is 0.870. The topological polar surface area (TPSA) is 114 Å². The number of hydrogen-bond donors (Lipinski definition) is 2. The third-order valence-corrected chi connectivity index (χ3v) is 6.63. The molecule has 0 spiro atoms. The molecule has 2 aliphatic rings. The maximum Gasteiger partial charge on any atom is 0.348 e. The normalized spacial score (nSPS) is 22.4. The summed E-state index contributed by atoms with van der Waals surface area (Å²) in [6.45, 7) is 1.43. The minimum absolute atomic E-state index is 0.190. The number of piperidine rings is 1. The summed E-state index contributed by atoms with van der Waals surface area (Å²) in [4.78, 5) is 37.6. The van der Waals surface area contributed by atoms with Gasteiger partial charge in [0.2, 0.25) is 11.5 Å². The quantitative estimate of drug-likeness (QED) is 0.441. The summed E-state index contributed by atoms with van der Waals surface area (Å²) in [6, 6.07) is 14.7. The van der Waals surface area contributed by atoms with E-state index in [0.29, 0.717) is 28.6 Å². The highest BCUT2D eigenvalue weighted by molar-refractivity contribution is 5.96. The van der Waals surface area contributed by atoms with E-state index in [4.69, 9.17) is 4.74 Å². The van der Waals surface area contributed by atoms with Crippen molar-refractivity contribution in [2.24, 2.45) is 0 Å². The van der Waals surface area contributed by atoms with Crippen LogP contribution in [0.25, 0.3) is 11.1 Å². The molecule has 1 amide bonds. The maximum atomic E-state index is 13.5. The van der Waals surface area contributed by atoms with Gasteiger partial charge in [-0.05, 0) is 17.5 Å². The monoisotopic (exact) mass is 460 g/mol. The number of carbonyl (C=O) groups excluding carboxylic acids is 2. The lowest BCUT2D eigenvalue weighted by atomic mass is 9.91. The van der Waals surface area contributed by atoms with Crippen molar-refractivity contribution in [3.8, 4) is 11.1 Å². The Hall–Kier alpha value is -3.69. The summed E-state index contributed by atoms with van der Waals surface area (Å²) in [5.74, 6) is -0.705. The van der Waals surface area contributed by atoms with E-state index in [1.807, 2.05) is 43.4 Å². The number of carbonyl (C=O) groups is 2. The molecule has 1 fully saturated rings. The maximum absolute atomic E-state index is 13.5. The SMILES string of the molecule is C[N+]1(CC(=O)Nc2ncncn2)CCCC(OC(=O)C2(O)c3ccccc3-c3ccccc32)C1. The van der Waals surface area contributed by atoms with Crippen molar-refractivity contribution < 1.29 is 23.9 Å². The molecule has 5 rings (SSSR count). The van der Waals surface area contributed by atoms with Crippen LogP contribution in [0.5, 0.6) is 0 Å². The van der Waals surface area contributed by atoms with E-state index >= 15 is 0 Å². The second-order valence-corrected chi connectivity index (χ2v) is 9.16. The van der Waals surface area contributed by atoms with Crippen LogP contribution in [0.1, 0.15) is 24.0 Å². The Morgan fingerprint density at radius 2 is 1.71 bits per heavy atom. The number of ether oxygens (including phenoxy) is 1. The molecule has 34 heavy (non-hydrogen) atoms. The number of esters is 1. The Labute approximate surface area is 197 Å². The highest BCUT2D eigenvalue weighted by Crippen LogP contribution is 2.48. The highest BCUT2D eigenvalue weighted by atomic mass is 16.6. The molecule has 1 aliphatic heterocycles. The van der Waals surface area contributed by atoms with Crippen molar-refractivity contribution in [2.45, 2.75) is 24.5 Å². The lowest BCUT2D eigenvalue weighted by Crippen LogP contribution is -2.57. The summed E-state index contributed by atoms with van der Waals surface area (Å²) in [6.07, 6.45) is 3.69. The summed E-state index contributed by atoms with van der Waals surface area (Å²) in [7, 11) is 1.96. The standard InChI is InChI=1S/C25H25N5O4/c1-30(14-22(31)29-24-27-15-26-16-28-24)12-6-7-17(13-30)34-23(32)25(33)20-10-4-2-8-18(20)19-9-3-5-11-21(19)25/h2-5,8-11,15-17,33H,6-7,12-14H2,1H3/p+1. The van der Waals surface area contributed by atoms with Crippen LogP contribution in [-0.2, 0) is 19.9 Å². The number of likely N-dealkylation sites (tertiary alicyclic amines) is 1. The second-order valence-electron chi connectivity index (χ2n) is 9.16. The molecule has 0 saturated carbocycles. The van der Waals surface area contributed by atoms with Gasteiger partial charge in [-0.3, -0.25) is 10.1 Å². The zero-order chi connectivity index (χ0) is 23.8. The number of benzene rings is 2. The predicted octanol–water partition coefficient (Wildman–Crippen LogP) is 1.88. The highest BCUT2D eigenvalue weighted by Gasteiger charge is 2.50. The first-order chi connectivity index (χ1) is 16.4. The molecular formula is C25H26N5O4+. The first kappa shape index (κ1) is 22.1. The molecule has 2 aromatic carbocycles. The third-order valence-electron chi connectivity index (χ3n) is 6.63. The third kappa shape index (κ3) is 3.93. The molecule has 174 valence electrons. The molecule has 1 saturated heterocycles. The molecule has 9 nitrogen and oxygen atoms in total. The molecule has 0 bridgehead atoms. The van der Waals surface area contributed by atoms with E-state index in [1.54, 1.807) is 12.1 Å². The molecule has 2 atom stereocenters. The van der Waals surface area contributed by atoms with Gasteiger partial charge in [0.1, 0.15) is 19.2 Å². The number of quaternary nitrogens is 1. The number of aromatic nitrogens is 3. The molecule has 2 unspecified atom stereocenters. The molecule has 2 heterocycles. The van der Waals surface area contributed by atoms with Crippen LogP contribution >= 0.6 is 0 Å². The van der Waals surface area contributed by atoms with Crippen molar-refractivity contribution in [2.75, 3.05) is 32.0 Å². The number of anilines is 1. The van der Waals surface area contributed by atoms with Crippen molar-refractivity contribution >= 4 is 17.8 Å². The van der Waals surface area contributed by atoms with Gasteiger partial charge < -0.3 is 14.3 Å². The van der Waals surface area contributed by atoms with Crippen LogP contribution in [0, 0.1) is 0 Å². The van der Waals surface area contributed by atoms with Crippen molar-refractivity contribution in [1.29, 1.82) is 0 Å². The second kappa shape index (κ2) is 8.58. The van der Waals surface area contributed by atoms with Gasteiger partial charge in [0.25, 0.3) is 5.91 Å². The summed E-state index contributed by atoms with van der Waals surface area (Å²) in [5, 5.41) is 14.3. The number of nitrogens with one attached hydrogen (secondary N) is 1. The number of hydrogen-bond acceptors (Lipinski definition) is 7. The van der Waals surface area contributed by atoms with Gasteiger partial charge in [-0.25, -0.2) is 19.7 Å². The van der Waals surface area contributed by atoms with Gasteiger partial charge in [-0.15, -0.1) is 0 Å². The first-order valence-corrected chi connectivity index (χ1v) is 11.3. The van der Waals surface area contributed by atoms with Crippen LogP contribution in [0.3, 0.4) is 0 Å². The zero-order valence-corrected chi connectivity index (χ0v) is 18.8. The average molecular weight is 461 g/mol. The molecule has 1 aliphatic carbocycles. The van der Waals surface area contributed by atoms with Crippen LogP contribution in [0.2, 0.25) is 0 Å². The number of aliphatic hydroxyl groups is 1.